The first-order valence-electron chi connectivity index (χ1n) is 19.8. The molecule has 2 unspecified atom stereocenters. The van der Waals surface area contributed by atoms with Crippen LogP contribution in [-0.4, -0.2) is 9.55 Å². The van der Waals surface area contributed by atoms with Gasteiger partial charge < -0.3 is 9.55 Å². The van der Waals surface area contributed by atoms with Crippen molar-refractivity contribution < 1.29 is 0 Å². The second kappa shape index (κ2) is 12.6. The van der Waals surface area contributed by atoms with E-state index in [2.05, 4.69) is 187 Å². The lowest BCUT2D eigenvalue weighted by molar-refractivity contribution is 0.724. The molecule has 264 valence electrons. The average molecular weight is 707 g/mol. The number of fused-ring (bicyclic) bond motifs is 9. The van der Waals surface area contributed by atoms with Crippen LogP contribution in [0.25, 0.3) is 60.9 Å². The zero-order valence-corrected chi connectivity index (χ0v) is 31.3. The summed E-state index contributed by atoms with van der Waals surface area (Å²) in [5.41, 5.74) is 22.8. The Kier molecular flexibility index (Phi) is 7.35. The zero-order valence-electron chi connectivity index (χ0n) is 31.3. The Bertz CT molecular complexity index is 2880. The maximum atomic E-state index is 3.66. The lowest BCUT2D eigenvalue weighted by Gasteiger charge is -2.27. The summed E-state index contributed by atoms with van der Waals surface area (Å²) in [6.45, 7) is 4.38. The van der Waals surface area contributed by atoms with E-state index in [0.717, 1.165) is 19.3 Å². The van der Waals surface area contributed by atoms with Crippen LogP contribution in [0, 0.1) is 13.8 Å². The van der Waals surface area contributed by atoms with Gasteiger partial charge in [0, 0.05) is 45.7 Å². The van der Waals surface area contributed by atoms with E-state index < -0.39 is 0 Å². The molecule has 2 heteroatoms. The molecule has 0 amide bonds. The molecule has 2 heterocycles. The van der Waals surface area contributed by atoms with Crippen LogP contribution >= 0.6 is 0 Å². The molecule has 2 aliphatic carbocycles. The minimum Gasteiger partial charge on any atom is -0.364 e. The smallest absolute Gasteiger partial charge is 0.0541 e. The van der Waals surface area contributed by atoms with Crippen LogP contribution in [0.1, 0.15) is 62.9 Å². The number of benzene rings is 7. The van der Waals surface area contributed by atoms with Gasteiger partial charge in [0.2, 0.25) is 0 Å². The molecule has 2 aliphatic rings. The molecule has 9 aromatic rings. The van der Waals surface area contributed by atoms with Gasteiger partial charge in [-0.05, 0) is 137 Å². The quantitative estimate of drug-likeness (QED) is 0.178. The molecule has 11 rings (SSSR count). The van der Waals surface area contributed by atoms with E-state index in [1.54, 1.807) is 0 Å². The fourth-order valence-corrected chi connectivity index (χ4v) is 9.88. The summed E-state index contributed by atoms with van der Waals surface area (Å²) >= 11 is 0. The maximum absolute atomic E-state index is 3.66. The normalized spacial score (nSPS) is 15.5. The Hall–Kier alpha value is -6.38. The first kappa shape index (κ1) is 32.1. The predicted octanol–water partition coefficient (Wildman–Crippen LogP) is 13.5. The molecule has 0 fully saturated rings. The Morgan fingerprint density at radius 1 is 0.564 bits per heavy atom. The molecule has 2 aromatic heterocycles. The number of H-pyrrole nitrogens is 1. The molecular weight excluding hydrogens is 665 g/mol. The first-order valence-corrected chi connectivity index (χ1v) is 19.8. The van der Waals surface area contributed by atoms with Crippen molar-refractivity contribution in [3.05, 3.63) is 209 Å². The van der Waals surface area contributed by atoms with E-state index in [0.29, 0.717) is 11.8 Å². The van der Waals surface area contributed by atoms with E-state index in [1.807, 2.05) is 0 Å². The zero-order chi connectivity index (χ0) is 36.6. The molecule has 2 nitrogen and oxygen atoms in total. The Morgan fingerprint density at radius 3 is 2.15 bits per heavy atom. The molecule has 1 N–H and O–H groups in total. The van der Waals surface area contributed by atoms with Gasteiger partial charge in [0.15, 0.2) is 0 Å². The van der Waals surface area contributed by atoms with E-state index in [9.17, 15) is 0 Å². The number of hydrogen-bond donors (Lipinski definition) is 1. The highest BCUT2D eigenvalue weighted by Crippen LogP contribution is 2.49. The molecule has 7 aromatic carbocycles. The standard InChI is InChI=1S/C53H42N2/c1-33-15-23-51-49(27-33)50-28-34(2)16-24-52(50)55(51)40-20-22-44-43(41-13-6-7-14-42(41)48(44)32-40)21-17-35-9-8-12-38(29-35)47-31-39-19-18-37(36-10-4-3-5-11-36)30-46(39)45-25-26-54-53(45)47/h3-16,18-20,22-30,32,43,47,54H,17,21,31H2,1-2H3. The third-order valence-corrected chi connectivity index (χ3v) is 12.5. The molecule has 2 atom stereocenters. The van der Waals surface area contributed by atoms with E-state index in [-0.39, 0.29) is 0 Å². The van der Waals surface area contributed by atoms with E-state index >= 15 is 0 Å². The van der Waals surface area contributed by atoms with E-state index in [4.69, 9.17) is 0 Å². The molecule has 0 radical (unpaired) electrons. The van der Waals surface area contributed by atoms with Crippen LogP contribution in [0.5, 0.6) is 0 Å². The summed E-state index contributed by atoms with van der Waals surface area (Å²) in [6, 6.07) is 59.5. The summed E-state index contributed by atoms with van der Waals surface area (Å²) in [6.07, 6.45) is 5.22. The molecule has 0 spiro atoms. The van der Waals surface area contributed by atoms with Gasteiger partial charge in [-0.3, -0.25) is 0 Å². The fourth-order valence-electron chi connectivity index (χ4n) is 9.88. The number of aromatic nitrogens is 2. The number of aryl methyl sites for hydroxylation is 3. The molecule has 0 aliphatic heterocycles. The predicted molar refractivity (Wildman–Crippen MR) is 230 cm³/mol. The van der Waals surface area contributed by atoms with Crippen LogP contribution in [-0.2, 0) is 12.8 Å². The minimum atomic E-state index is 0.306. The van der Waals surface area contributed by atoms with Crippen molar-refractivity contribution in [2.45, 2.75) is 44.9 Å². The van der Waals surface area contributed by atoms with Crippen LogP contribution in [0.4, 0.5) is 0 Å². The van der Waals surface area contributed by atoms with Crippen LogP contribution in [0.2, 0.25) is 0 Å². The van der Waals surface area contributed by atoms with Gasteiger partial charge in [-0.15, -0.1) is 0 Å². The highest BCUT2D eigenvalue weighted by molar-refractivity contribution is 6.09. The lowest BCUT2D eigenvalue weighted by atomic mass is 9.78. The summed E-state index contributed by atoms with van der Waals surface area (Å²) in [4.78, 5) is 3.66. The van der Waals surface area contributed by atoms with Gasteiger partial charge in [-0.1, -0.05) is 120 Å². The van der Waals surface area contributed by atoms with Gasteiger partial charge in [0.05, 0.1) is 11.0 Å². The van der Waals surface area contributed by atoms with Gasteiger partial charge >= 0.3 is 0 Å². The van der Waals surface area contributed by atoms with Crippen molar-refractivity contribution in [2.24, 2.45) is 0 Å². The SMILES string of the molecule is Cc1ccc2c(c1)c1cc(C)ccc1n2-c1ccc2c(c1)-c1ccccc1C2CCc1cccc(C2Cc3ccc(-c4ccccc4)cc3-c3cc[nH]c32)c1. The van der Waals surface area contributed by atoms with Crippen molar-refractivity contribution in [3.8, 4) is 39.1 Å². The number of aromatic amines is 1. The Labute approximate surface area is 322 Å². The van der Waals surface area contributed by atoms with Gasteiger partial charge in [-0.25, -0.2) is 0 Å². The molecule has 0 saturated carbocycles. The maximum Gasteiger partial charge on any atom is 0.0541 e. The van der Waals surface area contributed by atoms with Gasteiger partial charge in [0.25, 0.3) is 0 Å². The summed E-state index contributed by atoms with van der Waals surface area (Å²) in [5, 5.41) is 2.64. The van der Waals surface area contributed by atoms with Crippen molar-refractivity contribution in [1.29, 1.82) is 0 Å². The average Bonchev–Trinajstić information content (AvgIpc) is 3.93. The van der Waals surface area contributed by atoms with Gasteiger partial charge in [0.1, 0.15) is 0 Å². The van der Waals surface area contributed by atoms with Crippen LogP contribution < -0.4 is 0 Å². The molecule has 55 heavy (non-hydrogen) atoms. The number of rotatable bonds is 6. The number of hydrogen-bond acceptors (Lipinski definition) is 0. The van der Waals surface area contributed by atoms with Crippen molar-refractivity contribution >= 4 is 21.8 Å². The van der Waals surface area contributed by atoms with Crippen molar-refractivity contribution in [1.82, 2.24) is 9.55 Å². The Morgan fingerprint density at radius 2 is 1.33 bits per heavy atom. The third kappa shape index (κ3) is 5.23. The number of nitrogens with zero attached hydrogens (tertiary/aromatic N) is 1. The van der Waals surface area contributed by atoms with Crippen LogP contribution in [0.15, 0.2) is 164 Å². The van der Waals surface area contributed by atoms with E-state index in [1.165, 1.54) is 106 Å². The summed E-state index contributed by atoms with van der Waals surface area (Å²) < 4.78 is 2.46. The number of nitrogens with one attached hydrogen (secondary N) is 1. The van der Waals surface area contributed by atoms with Crippen molar-refractivity contribution in [2.75, 3.05) is 0 Å². The second-order valence-electron chi connectivity index (χ2n) is 15.9. The monoisotopic (exact) mass is 706 g/mol. The molecular formula is C53H42N2. The first-order chi connectivity index (χ1) is 27.1. The highest BCUT2D eigenvalue weighted by atomic mass is 15.0. The van der Waals surface area contributed by atoms with Crippen LogP contribution in [0.3, 0.4) is 0 Å². The topological polar surface area (TPSA) is 20.7 Å². The molecule has 0 saturated heterocycles. The lowest BCUT2D eigenvalue weighted by Crippen LogP contribution is -2.13. The van der Waals surface area contributed by atoms with Gasteiger partial charge in [-0.2, -0.15) is 0 Å². The second-order valence-corrected chi connectivity index (χ2v) is 15.9. The third-order valence-electron chi connectivity index (χ3n) is 12.5. The summed E-state index contributed by atoms with van der Waals surface area (Å²) in [5.74, 6) is 0.669. The van der Waals surface area contributed by atoms with Crippen molar-refractivity contribution in [3.63, 3.8) is 0 Å². The highest BCUT2D eigenvalue weighted by Gasteiger charge is 2.30. The Balaban J connectivity index is 0.903. The largest absolute Gasteiger partial charge is 0.364 e. The fraction of sp³-hybridized carbons (Fsp3) is 0.132. The summed E-state index contributed by atoms with van der Waals surface area (Å²) in [7, 11) is 0. The minimum absolute atomic E-state index is 0.306. The molecule has 0 bridgehead atoms.